The van der Waals surface area contributed by atoms with Gasteiger partial charge in [-0.25, -0.2) is 0 Å². The van der Waals surface area contributed by atoms with Gasteiger partial charge in [0.2, 0.25) is 0 Å². The van der Waals surface area contributed by atoms with Crippen LogP contribution in [0.2, 0.25) is 0 Å². The third kappa shape index (κ3) is 5.69. The van der Waals surface area contributed by atoms with Crippen LogP contribution >= 0.6 is 12.6 Å². The Balaban J connectivity index is 3.82. The third-order valence-electron chi connectivity index (χ3n) is 0.724. The first-order valence-electron chi connectivity index (χ1n) is 3.11. The quantitative estimate of drug-likeness (QED) is 0.380. The predicted octanol–water partition coefficient (Wildman–Crippen LogP) is 1.98. The summed E-state index contributed by atoms with van der Waals surface area (Å²) in [4.78, 5) is 10.3. The molecule has 0 radical (unpaired) electrons. The van der Waals surface area contributed by atoms with Crippen molar-refractivity contribution in [1.29, 1.82) is 0 Å². The first kappa shape index (κ1) is 9.56. The molecule has 10 heavy (non-hydrogen) atoms. The van der Waals surface area contributed by atoms with Crippen molar-refractivity contribution < 1.29 is 9.53 Å². The third-order valence-corrected chi connectivity index (χ3v) is 0.965. The summed E-state index contributed by atoms with van der Waals surface area (Å²) in [6, 6.07) is 0. The Morgan fingerprint density at radius 2 is 2.10 bits per heavy atom. The number of carbonyl (C=O) groups is 1. The van der Waals surface area contributed by atoms with E-state index in [1.54, 1.807) is 6.08 Å². The molecule has 0 N–H and O–H groups in total. The molecule has 0 fully saturated rings. The molecule has 0 unspecified atom stereocenters. The fraction of sp³-hybridized carbons (Fsp3) is 0.571. The van der Waals surface area contributed by atoms with E-state index in [0.29, 0.717) is 11.0 Å². The minimum Gasteiger partial charge on any atom is -0.420 e. The second-order valence-corrected chi connectivity index (χ2v) is 2.78. The topological polar surface area (TPSA) is 26.3 Å². The maximum absolute atomic E-state index is 10.3. The molecule has 58 valence electrons. The lowest BCUT2D eigenvalue weighted by Gasteiger charge is -2.00. The van der Waals surface area contributed by atoms with Crippen LogP contribution in [-0.4, -0.2) is 5.97 Å². The summed E-state index contributed by atoms with van der Waals surface area (Å²) in [5, 5.41) is 0.377. The summed E-state index contributed by atoms with van der Waals surface area (Å²) >= 11 is 3.93. The van der Waals surface area contributed by atoms with E-state index in [0.717, 1.165) is 0 Å². The molecule has 0 aromatic carbocycles. The van der Waals surface area contributed by atoms with E-state index in [2.05, 4.69) is 17.4 Å². The zero-order chi connectivity index (χ0) is 8.15. The molecule has 0 saturated carbocycles. The highest BCUT2D eigenvalue weighted by Crippen LogP contribution is 2.07. The molecular formula is C7H12O2S. The van der Waals surface area contributed by atoms with Gasteiger partial charge in [0.25, 0.3) is 0 Å². The number of hydrogen-bond donors (Lipinski definition) is 1. The van der Waals surface area contributed by atoms with Crippen molar-refractivity contribution in [3.8, 4) is 0 Å². The van der Waals surface area contributed by atoms with Gasteiger partial charge in [0, 0.05) is 6.92 Å². The minimum absolute atomic E-state index is 0.332. The Hall–Kier alpha value is -0.440. The number of esters is 1. The van der Waals surface area contributed by atoms with Crippen molar-refractivity contribution in [2.45, 2.75) is 20.8 Å². The van der Waals surface area contributed by atoms with Crippen LogP contribution in [-0.2, 0) is 9.53 Å². The van der Waals surface area contributed by atoms with Gasteiger partial charge in [-0.3, -0.25) is 4.79 Å². The smallest absolute Gasteiger partial charge is 0.308 e. The van der Waals surface area contributed by atoms with Crippen LogP contribution in [0.1, 0.15) is 20.8 Å². The molecule has 0 aliphatic heterocycles. The molecule has 0 aliphatic carbocycles. The zero-order valence-corrected chi connectivity index (χ0v) is 7.31. The molecule has 0 amide bonds. The summed E-state index contributed by atoms with van der Waals surface area (Å²) in [6.07, 6.45) is 1.77. The molecule has 0 spiro atoms. The van der Waals surface area contributed by atoms with E-state index in [1.807, 2.05) is 13.8 Å². The van der Waals surface area contributed by atoms with Crippen molar-refractivity contribution in [2.24, 2.45) is 5.92 Å². The fourth-order valence-corrected chi connectivity index (χ4v) is 0.893. The monoisotopic (exact) mass is 160 g/mol. The number of rotatable bonds is 2. The van der Waals surface area contributed by atoms with Crippen LogP contribution in [0.4, 0.5) is 0 Å². The molecule has 0 bridgehead atoms. The van der Waals surface area contributed by atoms with Crippen molar-refractivity contribution >= 4 is 18.6 Å². The van der Waals surface area contributed by atoms with Gasteiger partial charge in [-0.2, -0.15) is 0 Å². The molecule has 0 aliphatic rings. The Bertz CT molecular complexity index is 150. The van der Waals surface area contributed by atoms with Crippen LogP contribution in [0.15, 0.2) is 11.2 Å². The van der Waals surface area contributed by atoms with E-state index < -0.39 is 0 Å². The summed E-state index contributed by atoms with van der Waals surface area (Å²) < 4.78 is 4.65. The largest absolute Gasteiger partial charge is 0.420 e. The highest BCUT2D eigenvalue weighted by Gasteiger charge is 1.96. The number of carbonyl (C=O) groups excluding carboxylic acids is 1. The fourth-order valence-electron chi connectivity index (χ4n) is 0.466. The predicted molar refractivity (Wildman–Crippen MR) is 43.7 cm³/mol. The highest BCUT2D eigenvalue weighted by atomic mass is 32.1. The zero-order valence-electron chi connectivity index (χ0n) is 6.42. The van der Waals surface area contributed by atoms with Crippen molar-refractivity contribution in [3.05, 3.63) is 11.2 Å². The molecule has 2 nitrogen and oxygen atoms in total. The normalized spacial score (nSPS) is 11.9. The number of allylic oxidation sites excluding steroid dienone is 1. The Labute approximate surface area is 66.7 Å². The lowest BCUT2D eigenvalue weighted by molar-refractivity contribution is -0.135. The molecule has 0 atom stereocenters. The van der Waals surface area contributed by atoms with Gasteiger partial charge in [-0.05, 0) is 12.0 Å². The van der Waals surface area contributed by atoms with Crippen molar-refractivity contribution in [1.82, 2.24) is 0 Å². The van der Waals surface area contributed by atoms with Gasteiger partial charge < -0.3 is 4.74 Å². The molecule has 0 rings (SSSR count). The number of thiol groups is 1. The average molecular weight is 160 g/mol. The Morgan fingerprint density at radius 3 is 2.40 bits per heavy atom. The summed E-state index contributed by atoms with van der Waals surface area (Å²) in [5.41, 5.74) is 0. The van der Waals surface area contributed by atoms with E-state index in [9.17, 15) is 4.79 Å². The Morgan fingerprint density at radius 1 is 1.60 bits per heavy atom. The van der Waals surface area contributed by atoms with E-state index in [-0.39, 0.29) is 5.97 Å². The average Bonchev–Trinajstić information content (AvgIpc) is 1.58. The van der Waals surface area contributed by atoms with Crippen LogP contribution in [0.25, 0.3) is 0 Å². The first-order valence-corrected chi connectivity index (χ1v) is 3.56. The van der Waals surface area contributed by atoms with Gasteiger partial charge in [0.1, 0.15) is 0 Å². The van der Waals surface area contributed by atoms with Gasteiger partial charge in [0.05, 0.1) is 0 Å². The molecule has 0 heterocycles. The number of hydrogen-bond acceptors (Lipinski definition) is 3. The molecule has 0 aromatic heterocycles. The summed E-state index contributed by atoms with van der Waals surface area (Å²) in [5.74, 6) is 0.0220. The highest BCUT2D eigenvalue weighted by molar-refractivity contribution is 7.84. The maximum Gasteiger partial charge on any atom is 0.308 e. The van der Waals surface area contributed by atoms with Crippen LogP contribution < -0.4 is 0 Å². The molecule has 0 saturated heterocycles. The summed E-state index contributed by atoms with van der Waals surface area (Å²) in [6.45, 7) is 5.32. The van der Waals surface area contributed by atoms with Crippen molar-refractivity contribution in [2.75, 3.05) is 0 Å². The van der Waals surface area contributed by atoms with E-state index >= 15 is 0 Å². The number of ether oxygens (including phenoxy) is 1. The second-order valence-electron chi connectivity index (χ2n) is 2.34. The van der Waals surface area contributed by atoms with Crippen LogP contribution in [0.3, 0.4) is 0 Å². The first-order chi connectivity index (χ1) is 4.52. The molecule has 3 heteroatoms. The standard InChI is InChI=1S/C7H12O2S/c1-5(2)4-7(10)9-6(3)8/h4-5,10H,1-3H3/b7-4+. The second kappa shape index (κ2) is 4.39. The lowest BCUT2D eigenvalue weighted by Crippen LogP contribution is -1.95. The van der Waals surface area contributed by atoms with Gasteiger partial charge in [0.15, 0.2) is 5.09 Å². The van der Waals surface area contributed by atoms with E-state index in [4.69, 9.17) is 0 Å². The SMILES string of the molecule is CC(=O)O/C(S)=C\C(C)C. The van der Waals surface area contributed by atoms with Crippen LogP contribution in [0.5, 0.6) is 0 Å². The molecule has 0 aromatic rings. The van der Waals surface area contributed by atoms with E-state index in [1.165, 1.54) is 6.92 Å². The van der Waals surface area contributed by atoms with Crippen molar-refractivity contribution in [3.63, 3.8) is 0 Å². The van der Waals surface area contributed by atoms with Crippen LogP contribution in [0, 0.1) is 5.92 Å². The lowest BCUT2D eigenvalue weighted by atomic mass is 10.2. The minimum atomic E-state index is -0.332. The maximum atomic E-state index is 10.3. The van der Waals surface area contributed by atoms with Gasteiger partial charge in [-0.1, -0.05) is 13.8 Å². The molecular weight excluding hydrogens is 148 g/mol. The summed E-state index contributed by atoms with van der Waals surface area (Å²) in [7, 11) is 0. The van der Waals surface area contributed by atoms with Gasteiger partial charge in [-0.15, -0.1) is 12.6 Å². The Kier molecular flexibility index (Phi) is 4.19. The van der Waals surface area contributed by atoms with Gasteiger partial charge >= 0.3 is 5.97 Å².